The third-order valence-corrected chi connectivity index (χ3v) is 4.04. The van der Waals surface area contributed by atoms with Crippen molar-refractivity contribution >= 4 is 41.5 Å². The van der Waals surface area contributed by atoms with Crippen LogP contribution in [-0.4, -0.2) is 11.9 Å². The Labute approximate surface area is 152 Å². The Bertz CT molecular complexity index is 650. The van der Waals surface area contributed by atoms with Crippen molar-refractivity contribution in [1.82, 2.24) is 5.32 Å². The summed E-state index contributed by atoms with van der Waals surface area (Å²) in [5.74, 6) is -0.206. The van der Waals surface area contributed by atoms with Gasteiger partial charge in [0.1, 0.15) is 0 Å². The van der Waals surface area contributed by atoms with E-state index in [1.807, 2.05) is 37.3 Å². The Balaban J connectivity index is 0.00000264. The summed E-state index contributed by atoms with van der Waals surface area (Å²) in [5.41, 5.74) is 7.82. The predicted octanol–water partition coefficient (Wildman–Crippen LogP) is 4.16. The molecule has 0 radical (unpaired) electrons. The van der Waals surface area contributed by atoms with Crippen LogP contribution in [0.2, 0.25) is 10.0 Å². The zero-order chi connectivity index (χ0) is 16.1. The molecule has 0 aromatic heterocycles. The van der Waals surface area contributed by atoms with E-state index in [2.05, 4.69) is 5.32 Å². The van der Waals surface area contributed by atoms with Crippen LogP contribution in [0.3, 0.4) is 0 Å². The fraction of sp³-hybridized carbons (Fsp3) is 0.235. The summed E-state index contributed by atoms with van der Waals surface area (Å²) in [5, 5.41) is 3.99. The number of amides is 1. The topological polar surface area (TPSA) is 55.1 Å². The molecule has 2 aromatic carbocycles. The van der Waals surface area contributed by atoms with Crippen molar-refractivity contribution in [2.24, 2.45) is 5.73 Å². The highest BCUT2D eigenvalue weighted by molar-refractivity contribution is 6.35. The molecule has 124 valence electrons. The van der Waals surface area contributed by atoms with Crippen LogP contribution in [0.15, 0.2) is 48.5 Å². The fourth-order valence-electron chi connectivity index (χ4n) is 2.16. The van der Waals surface area contributed by atoms with Crippen LogP contribution in [0.1, 0.15) is 24.1 Å². The summed E-state index contributed by atoms with van der Waals surface area (Å²) in [6.45, 7) is 1.93. The lowest BCUT2D eigenvalue weighted by Crippen LogP contribution is -2.43. The molecule has 0 heterocycles. The second-order valence-electron chi connectivity index (χ2n) is 5.19. The molecular formula is C17H19Cl3N2O. The number of benzene rings is 2. The van der Waals surface area contributed by atoms with E-state index in [-0.39, 0.29) is 24.4 Å². The molecule has 23 heavy (non-hydrogen) atoms. The van der Waals surface area contributed by atoms with Gasteiger partial charge in [-0.15, -0.1) is 12.4 Å². The average molecular weight is 374 g/mol. The first-order valence-electron chi connectivity index (χ1n) is 7.02. The summed E-state index contributed by atoms with van der Waals surface area (Å²) in [4.78, 5) is 12.2. The van der Waals surface area contributed by atoms with Gasteiger partial charge < -0.3 is 11.1 Å². The van der Waals surface area contributed by atoms with E-state index >= 15 is 0 Å². The van der Waals surface area contributed by atoms with Crippen molar-refractivity contribution < 1.29 is 4.79 Å². The first-order chi connectivity index (χ1) is 10.5. The molecule has 2 aromatic rings. The number of rotatable bonds is 5. The van der Waals surface area contributed by atoms with Gasteiger partial charge in [0.25, 0.3) is 0 Å². The van der Waals surface area contributed by atoms with Crippen LogP contribution < -0.4 is 11.1 Å². The number of hydrogen-bond donors (Lipinski definition) is 2. The number of carbonyl (C=O) groups excluding carboxylic acids is 1. The van der Waals surface area contributed by atoms with Gasteiger partial charge in [-0.2, -0.15) is 0 Å². The van der Waals surface area contributed by atoms with Gasteiger partial charge in [-0.1, -0.05) is 59.6 Å². The van der Waals surface area contributed by atoms with Crippen LogP contribution in [0.25, 0.3) is 0 Å². The van der Waals surface area contributed by atoms with E-state index in [0.29, 0.717) is 16.5 Å². The monoisotopic (exact) mass is 372 g/mol. The van der Waals surface area contributed by atoms with Gasteiger partial charge in [0.15, 0.2) is 0 Å². The molecule has 0 saturated heterocycles. The second kappa shape index (κ2) is 9.14. The fourth-order valence-corrected chi connectivity index (χ4v) is 2.65. The van der Waals surface area contributed by atoms with Gasteiger partial charge in [-0.25, -0.2) is 0 Å². The van der Waals surface area contributed by atoms with E-state index in [1.54, 1.807) is 18.2 Å². The molecule has 0 aliphatic heterocycles. The molecule has 0 unspecified atom stereocenters. The van der Waals surface area contributed by atoms with Gasteiger partial charge >= 0.3 is 0 Å². The number of nitrogens with two attached hydrogens (primary N) is 1. The molecule has 2 rings (SSSR count). The minimum absolute atomic E-state index is 0. The lowest BCUT2D eigenvalue weighted by molar-refractivity contribution is -0.123. The molecule has 0 aliphatic carbocycles. The Morgan fingerprint density at radius 3 is 2.43 bits per heavy atom. The molecule has 0 bridgehead atoms. The Kier molecular flexibility index (Phi) is 7.86. The van der Waals surface area contributed by atoms with E-state index in [4.69, 9.17) is 28.9 Å². The van der Waals surface area contributed by atoms with Crippen molar-refractivity contribution in [3.05, 3.63) is 69.7 Å². The van der Waals surface area contributed by atoms with Crippen molar-refractivity contribution in [1.29, 1.82) is 0 Å². The number of hydrogen-bond acceptors (Lipinski definition) is 2. The smallest absolute Gasteiger partial charge is 0.237 e. The van der Waals surface area contributed by atoms with E-state index in [1.165, 1.54) is 0 Å². The van der Waals surface area contributed by atoms with E-state index in [0.717, 1.165) is 11.1 Å². The molecule has 1 amide bonds. The zero-order valence-electron chi connectivity index (χ0n) is 12.6. The maximum Gasteiger partial charge on any atom is 0.237 e. The normalized spacial score (nSPS) is 12.9. The van der Waals surface area contributed by atoms with Crippen molar-refractivity contribution in [2.75, 3.05) is 0 Å². The Morgan fingerprint density at radius 1 is 1.17 bits per heavy atom. The third kappa shape index (κ3) is 5.70. The van der Waals surface area contributed by atoms with E-state index < -0.39 is 6.04 Å². The summed E-state index contributed by atoms with van der Waals surface area (Å²) in [7, 11) is 0. The molecule has 3 N–H and O–H groups in total. The lowest BCUT2D eigenvalue weighted by Gasteiger charge is -2.18. The second-order valence-corrected chi connectivity index (χ2v) is 6.03. The van der Waals surface area contributed by atoms with Crippen molar-refractivity contribution in [2.45, 2.75) is 25.4 Å². The molecule has 0 aliphatic rings. The van der Waals surface area contributed by atoms with E-state index in [9.17, 15) is 4.79 Å². The Morgan fingerprint density at radius 2 is 1.83 bits per heavy atom. The van der Waals surface area contributed by atoms with Crippen molar-refractivity contribution in [3.8, 4) is 0 Å². The first kappa shape index (κ1) is 19.8. The highest BCUT2D eigenvalue weighted by Gasteiger charge is 2.18. The average Bonchev–Trinajstić information content (AvgIpc) is 2.50. The number of nitrogens with one attached hydrogen (secondary N) is 1. The third-order valence-electron chi connectivity index (χ3n) is 3.45. The minimum Gasteiger partial charge on any atom is -0.348 e. The molecule has 0 spiro atoms. The number of carbonyl (C=O) groups is 1. The van der Waals surface area contributed by atoms with Crippen LogP contribution in [-0.2, 0) is 11.2 Å². The van der Waals surface area contributed by atoms with Crippen LogP contribution in [0, 0.1) is 0 Å². The lowest BCUT2D eigenvalue weighted by atomic mass is 10.0. The maximum absolute atomic E-state index is 12.2. The quantitative estimate of drug-likeness (QED) is 0.826. The molecule has 0 fully saturated rings. The van der Waals surface area contributed by atoms with Crippen LogP contribution in [0.5, 0.6) is 0 Å². The molecule has 6 heteroatoms. The molecular weight excluding hydrogens is 355 g/mol. The van der Waals surface area contributed by atoms with Gasteiger partial charge in [0.05, 0.1) is 12.1 Å². The summed E-state index contributed by atoms with van der Waals surface area (Å²) in [6, 6.07) is 14.2. The molecule has 0 saturated carbocycles. The number of halogens is 3. The molecule has 3 nitrogen and oxygen atoms in total. The Hall–Kier alpha value is -1.26. The highest BCUT2D eigenvalue weighted by atomic mass is 35.5. The minimum atomic E-state index is -0.662. The van der Waals surface area contributed by atoms with Gasteiger partial charge in [0.2, 0.25) is 5.91 Å². The van der Waals surface area contributed by atoms with Crippen LogP contribution >= 0.6 is 35.6 Å². The summed E-state index contributed by atoms with van der Waals surface area (Å²) < 4.78 is 0. The van der Waals surface area contributed by atoms with Gasteiger partial charge in [-0.05, 0) is 36.6 Å². The largest absolute Gasteiger partial charge is 0.348 e. The van der Waals surface area contributed by atoms with Crippen molar-refractivity contribution in [3.63, 3.8) is 0 Å². The van der Waals surface area contributed by atoms with Gasteiger partial charge in [0, 0.05) is 10.0 Å². The SMILES string of the molecule is C[C@H](NC(=O)[C@H](N)Cc1ccc(Cl)cc1Cl)c1ccccc1.Cl. The maximum atomic E-state index is 12.2. The highest BCUT2D eigenvalue weighted by Crippen LogP contribution is 2.22. The summed E-state index contributed by atoms with van der Waals surface area (Å²) in [6.07, 6.45) is 0.364. The molecule has 2 atom stereocenters. The standard InChI is InChI=1S/C17H18Cl2N2O.ClH/c1-11(12-5-3-2-4-6-12)21-17(22)16(20)9-13-7-8-14(18)10-15(13)19;/h2-8,10-11,16H,9,20H2,1H3,(H,21,22);1H/t11-,16+;/m0./s1. The predicted molar refractivity (Wildman–Crippen MR) is 98.4 cm³/mol. The van der Waals surface area contributed by atoms with Crippen LogP contribution in [0.4, 0.5) is 0 Å². The van der Waals surface area contributed by atoms with Gasteiger partial charge in [-0.3, -0.25) is 4.79 Å². The summed E-state index contributed by atoms with van der Waals surface area (Å²) >= 11 is 12.0. The first-order valence-corrected chi connectivity index (χ1v) is 7.78. The zero-order valence-corrected chi connectivity index (χ0v) is 15.0.